The molecule has 0 aromatic carbocycles. The smallest absolute Gasteiger partial charge is 0.105 e. The van der Waals surface area contributed by atoms with Crippen molar-refractivity contribution in [3.8, 4) is 0 Å². The number of halogens is 2. The van der Waals surface area contributed by atoms with Crippen molar-refractivity contribution in [2.45, 2.75) is 25.6 Å². The average molecular weight is 129 g/mol. The normalized spacial score (nSPS) is 7.00. The second-order valence-corrected chi connectivity index (χ2v) is 2.05. The Balaban J connectivity index is 0. The van der Waals surface area contributed by atoms with Crippen LogP contribution in [0.15, 0.2) is 0 Å². The Morgan fingerprint density at radius 3 is 1.17 bits per heavy atom. The number of hydrogen-bond donors (Lipinski definition) is 0. The molecule has 0 saturated heterocycles. The van der Waals surface area contributed by atoms with Crippen molar-refractivity contribution >= 4 is 23.2 Å². The number of alkyl halides is 2. The Bertz CT molecular complexity index is 10.3. The maximum Gasteiger partial charge on any atom is 0.105 e. The molecule has 0 bridgehead atoms. The Morgan fingerprint density at radius 1 is 1.17 bits per heavy atom. The van der Waals surface area contributed by atoms with E-state index >= 15 is 0 Å². The van der Waals surface area contributed by atoms with E-state index in [0.717, 1.165) is 0 Å². The molecule has 0 aromatic heterocycles. The Morgan fingerprint density at radius 2 is 1.17 bits per heavy atom. The van der Waals surface area contributed by atoms with Crippen LogP contribution in [0.2, 0.25) is 0 Å². The van der Waals surface area contributed by atoms with Crippen molar-refractivity contribution in [2.75, 3.05) is 0 Å². The summed E-state index contributed by atoms with van der Waals surface area (Å²) < 4.78 is 0. The van der Waals surface area contributed by atoms with Crippen LogP contribution in [0.4, 0.5) is 0 Å². The second-order valence-electron chi connectivity index (χ2n) is 0.519. The largest absolute Gasteiger partial charge is 0.106 e. The zero-order valence-electron chi connectivity index (χ0n) is 4.33. The van der Waals surface area contributed by atoms with Crippen LogP contribution < -0.4 is 0 Å². The van der Waals surface area contributed by atoms with Crippen molar-refractivity contribution in [2.24, 2.45) is 0 Å². The summed E-state index contributed by atoms with van der Waals surface area (Å²) in [6, 6.07) is 0. The van der Waals surface area contributed by atoms with Gasteiger partial charge in [-0.3, -0.25) is 0 Å². The summed E-state index contributed by atoms with van der Waals surface area (Å²) in [5, 5.41) is 0. The molecule has 0 aliphatic rings. The molecule has 0 heterocycles. The third-order valence-electron chi connectivity index (χ3n) is 0. The predicted octanol–water partition coefficient (Wildman–Crippen LogP) is 2.84. The molecule has 0 aromatic rings. The van der Waals surface area contributed by atoms with Crippen LogP contribution in [-0.4, -0.2) is 4.84 Å². The molecule has 0 radical (unpaired) electrons. The van der Waals surface area contributed by atoms with E-state index in [-0.39, 0.29) is 4.84 Å². The highest BCUT2D eigenvalue weighted by Crippen LogP contribution is 1.95. The van der Waals surface area contributed by atoms with Gasteiger partial charge >= 0.3 is 0 Å². The SMILES string of the molecule is CC.CC(Cl)Cl. The molecule has 0 unspecified atom stereocenters. The molecule has 40 valence electrons. The lowest BCUT2D eigenvalue weighted by Gasteiger charge is -1.72. The van der Waals surface area contributed by atoms with Gasteiger partial charge in [-0.25, -0.2) is 0 Å². The maximum absolute atomic E-state index is 5.04. The first-order chi connectivity index (χ1) is 2.73. The van der Waals surface area contributed by atoms with E-state index in [2.05, 4.69) is 0 Å². The molecular weight excluding hydrogens is 119 g/mol. The summed E-state index contributed by atoms with van der Waals surface area (Å²) in [4.78, 5) is -0.222. The first-order valence-electron chi connectivity index (χ1n) is 2.01. The van der Waals surface area contributed by atoms with Gasteiger partial charge in [0.25, 0.3) is 0 Å². The zero-order valence-corrected chi connectivity index (χ0v) is 5.85. The van der Waals surface area contributed by atoms with Crippen LogP contribution in [0.1, 0.15) is 20.8 Å². The average Bonchev–Trinajstić information content (AvgIpc) is 1.41. The summed E-state index contributed by atoms with van der Waals surface area (Å²) in [5.74, 6) is 0. The molecule has 0 fully saturated rings. The van der Waals surface area contributed by atoms with Gasteiger partial charge in [0.1, 0.15) is 4.84 Å². The topological polar surface area (TPSA) is 0 Å². The van der Waals surface area contributed by atoms with E-state index in [0.29, 0.717) is 0 Å². The summed E-state index contributed by atoms with van der Waals surface area (Å²) in [7, 11) is 0. The predicted molar refractivity (Wildman–Crippen MR) is 32.5 cm³/mol. The van der Waals surface area contributed by atoms with Gasteiger partial charge in [0, 0.05) is 0 Å². The lowest BCUT2D eigenvalue weighted by molar-refractivity contribution is 1.39. The fourth-order valence-electron chi connectivity index (χ4n) is 0. The summed E-state index contributed by atoms with van der Waals surface area (Å²) in [6.45, 7) is 5.70. The highest BCUT2D eigenvalue weighted by molar-refractivity contribution is 6.43. The van der Waals surface area contributed by atoms with Gasteiger partial charge in [-0.2, -0.15) is 0 Å². The first kappa shape index (κ1) is 9.77. The van der Waals surface area contributed by atoms with Crippen molar-refractivity contribution in [1.29, 1.82) is 0 Å². The molecule has 0 saturated carbocycles. The minimum atomic E-state index is -0.222. The Labute approximate surface area is 49.4 Å². The van der Waals surface area contributed by atoms with Crippen molar-refractivity contribution in [1.82, 2.24) is 0 Å². The Kier molecular flexibility index (Phi) is 14.9. The maximum atomic E-state index is 5.04. The minimum Gasteiger partial charge on any atom is -0.106 e. The Hall–Kier alpha value is 0.580. The van der Waals surface area contributed by atoms with Crippen LogP contribution in [0, 0.1) is 0 Å². The standard InChI is InChI=1S/C2H4Cl2.C2H6/c1-2(3)4;1-2/h2H,1H3;1-2H3. The molecule has 0 aliphatic heterocycles. The summed E-state index contributed by atoms with van der Waals surface area (Å²) in [5.41, 5.74) is 0. The van der Waals surface area contributed by atoms with E-state index in [9.17, 15) is 0 Å². The third-order valence-corrected chi connectivity index (χ3v) is 0. The van der Waals surface area contributed by atoms with Crippen LogP contribution in [0.25, 0.3) is 0 Å². The first-order valence-corrected chi connectivity index (χ1v) is 2.89. The molecule has 0 nitrogen and oxygen atoms in total. The van der Waals surface area contributed by atoms with Crippen molar-refractivity contribution in [3.05, 3.63) is 0 Å². The molecule has 0 spiro atoms. The molecule has 0 aliphatic carbocycles. The zero-order chi connectivity index (χ0) is 5.58. The lowest BCUT2D eigenvalue weighted by atomic mass is 11.0. The third kappa shape index (κ3) is 174. The van der Waals surface area contributed by atoms with Gasteiger partial charge in [0.15, 0.2) is 0 Å². The van der Waals surface area contributed by atoms with E-state index in [1.165, 1.54) is 0 Å². The molecule has 0 atom stereocenters. The van der Waals surface area contributed by atoms with Crippen LogP contribution in [-0.2, 0) is 0 Å². The highest BCUT2D eigenvalue weighted by Gasteiger charge is 1.75. The van der Waals surface area contributed by atoms with Crippen LogP contribution in [0.3, 0.4) is 0 Å². The van der Waals surface area contributed by atoms with Crippen LogP contribution >= 0.6 is 23.2 Å². The second kappa shape index (κ2) is 9.13. The lowest BCUT2D eigenvalue weighted by Crippen LogP contribution is -1.63. The van der Waals surface area contributed by atoms with Gasteiger partial charge in [-0.05, 0) is 6.92 Å². The van der Waals surface area contributed by atoms with Crippen LogP contribution in [0.5, 0.6) is 0 Å². The molecular formula is C4H10Cl2. The fourth-order valence-corrected chi connectivity index (χ4v) is 0. The molecule has 0 N–H and O–H groups in total. The monoisotopic (exact) mass is 128 g/mol. The number of rotatable bonds is 0. The van der Waals surface area contributed by atoms with Gasteiger partial charge in [-0.15, -0.1) is 23.2 Å². The van der Waals surface area contributed by atoms with E-state index < -0.39 is 0 Å². The number of hydrogen-bond acceptors (Lipinski definition) is 0. The quantitative estimate of drug-likeness (QED) is 0.441. The van der Waals surface area contributed by atoms with Gasteiger partial charge < -0.3 is 0 Å². The summed E-state index contributed by atoms with van der Waals surface area (Å²) in [6.07, 6.45) is 0. The van der Waals surface area contributed by atoms with E-state index in [1.807, 2.05) is 13.8 Å². The highest BCUT2D eigenvalue weighted by atomic mass is 35.5. The van der Waals surface area contributed by atoms with E-state index in [4.69, 9.17) is 23.2 Å². The van der Waals surface area contributed by atoms with E-state index in [1.54, 1.807) is 6.92 Å². The van der Waals surface area contributed by atoms with Crippen molar-refractivity contribution < 1.29 is 0 Å². The van der Waals surface area contributed by atoms with Gasteiger partial charge in [0.2, 0.25) is 0 Å². The molecule has 0 amide bonds. The van der Waals surface area contributed by atoms with Gasteiger partial charge in [0.05, 0.1) is 0 Å². The molecule has 0 rings (SSSR count). The molecule has 6 heavy (non-hydrogen) atoms. The minimum absolute atomic E-state index is 0.222. The fraction of sp³-hybridized carbons (Fsp3) is 1.00. The van der Waals surface area contributed by atoms with Gasteiger partial charge in [-0.1, -0.05) is 13.8 Å². The molecule has 2 heteroatoms. The van der Waals surface area contributed by atoms with Crippen molar-refractivity contribution in [3.63, 3.8) is 0 Å². The summed E-state index contributed by atoms with van der Waals surface area (Å²) >= 11 is 10.1.